The van der Waals surface area contributed by atoms with Crippen LogP contribution < -0.4 is 10.6 Å². The summed E-state index contributed by atoms with van der Waals surface area (Å²) in [7, 11) is 0. The molecule has 0 spiro atoms. The second-order valence-electron chi connectivity index (χ2n) is 3.63. The van der Waals surface area contributed by atoms with Crippen molar-refractivity contribution in [2.45, 2.75) is 13.0 Å². The highest BCUT2D eigenvalue weighted by Crippen LogP contribution is 2.25. The minimum atomic E-state index is -1.61. The van der Waals surface area contributed by atoms with Gasteiger partial charge in [-0.05, 0) is 34.5 Å². The molecule has 98 valence electrons. The standard InChI is InChI=1S/C11H13BrN2O4/c1-6-3-2-4-7(9(6)12)14-11(18)13-5-8(15)10(16)17/h2-4,8,15H,5H2,1H3,(H,16,17)(H2,13,14,18)/t8-/m0/s1. The number of aliphatic hydroxyl groups is 1. The van der Waals surface area contributed by atoms with Crippen molar-refractivity contribution in [2.24, 2.45) is 0 Å². The Labute approximate surface area is 112 Å². The molecule has 1 aromatic rings. The van der Waals surface area contributed by atoms with Crippen LogP contribution in [0.15, 0.2) is 22.7 Å². The van der Waals surface area contributed by atoms with Crippen LogP contribution in [0.2, 0.25) is 0 Å². The smallest absolute Gasteiger partial charge is 0.334 e. The van der Waals surface area contributed by atoms with Crippen molar-refractivity contribution in [3.8, 4) is 0 Å². The van der Waals surface area contributed by atoms with E-state index in [1.165, 1.54) is 0 Å². The van der Waals surface area contributed by atoms with Crippen molar-refractivity contribution in [1.82, 2.24) is 5.32 Å². The van der Waals surface area contributed by atoms with Crippen molar-refractivity contribution < 1.29 is 19.8 Å². The Morgan fingerprint density at radius 2 is 2.11 bits per heavy atom. The van der Waals surface area contributed by atoms with Gasteiger partial charge in [-0.3, -0.25) is 0 Å². The van der Waals surface area contributed by atoms with Gasteiger partial charge in [0.15, 0.2) is 6.10 Å². The average Bonchev–Trinajstić information content (AvgIpc) is 2.32. The van der Waals surface area contributed by atoms with Crippen LogP contribution in [-0.2, 0) is 4.79 Å². The molecule has 0 aliphatic heterocycles. The Morgan fingerprint density at radius 3 is 2.72 bits per heavy atom. The number of rotatable bonds is 4. The molecule has 18 heavy (non-hydrogen) atoms. The number of urea groups is 1. The Balaban J connectivity index is 2.55. The van der Waals surface area contributed by atoms with E-state index in [1.807, 2.05) is 13.0 Å². The molecule has 0 saturated carbocycles. The lowest BCUT2D eigenvalue weighted by Gasteiger charge is -2.11. The van der Waals surface area contributed by atoms with Crippen LogP contribution in [0.4, 0.5) is 10.5 Å². The Bertz CT molecular complexity index is 464. The third-order valence-corrected chi connectivity index (χ3v) is 3.23. The van der Waals surface area contributed by atoms with Gasteiger partial charge in [-0.25, -0.2) is 9.59 Å². The van der Waals surface area contributed by atoms with Crippen molar-refractivity contribution in [1.29, 1.82) is 0 Å². The summed E-state index contributed by atoms with van der Waals surface area (Å²) in [6.45, 7) is 1.52. The zero-order valence-electron chi connectivity index (χ0n) is 9.61. The first kappa shape index (κ1) is 14.5. The number of halogens is 1. The molecular formula is C11H13BrN2O4. The minimum Gasteiger partial charge on any atom is -0.479 e. The first-order valence-corrected chi connectivity index (χ1v) is 5.92. The van der Waals surface area contributed by atoms with Crippen LogP contribution in [0.1, 0.15) is 5.56 Å². The fourth-order valence-corrected chi connectivity index (χ4v) is 1.55. The van der Waals surface area contributed by atoms with E-state index in [1.54, 1.807) is 12.1 Å². The molecule has 6 nitrogen and oxygen atoms in total. The molecule has 1 atom stereocenters. The first-order chi connectivity index (χ1) is 8.41. The summed E-state index contributed by atoms with van der Waals surface area (Å²) in [5.74, 6) is -1.38. The zero-order valence-corrected chi connectivity index (χ0v) is 11.2. The third kappa shape index (κ3) is 4.01. The zero-order chi connectivity index (χ0) is 13.7. The molecule has 0 unspecified atom stereocenters. The predicted octanol–water partition coefficient (Wildman–Crippen LogP) is 1.32. The number of benzene rings is 1. The number of carbonyl (C=O) groups excluding carboxylic acids is 1. The number of aliphatic hydroxyl groups excluding tert-OH is 1. The summed E-state index contributed by atoms with van der Waals surface area (Å²) < 4.78 is 0.749. The topological polar surface area (TPSA) is 98.7 Å². The van der Waals surface area contributed by atoms with Crippen LogP contribution in [0.5, 0.6) is 0 Å². The van der Waals surface area contributed by atoms with Crippen molar-refractivity contribution in [2.75, 3.05) is 11.9 Å². The number of nitrogens with one attached hydrogen (secondary N) is 2. The Kier molecular flexibility index (Phi) is 5.11. The highest BCUT2D eigenvalue weighted by molar-refractivity contribution is 9.10. The van der Waals surface area contributed by atoms with E-state index in [0.29, 0.717) is 5.69 Å². The molecule has 0 radical (unpaired) electrons. The summed E-state index contributed by atoms with van der Waals surface area (Å²) in [5.41, 5.74) is 1.52. The van der Waals surface area contributed by atoms with E-state index in [9.17, 15) is 9.59 Å². The summed E-state index contributed by atoms with van der Waals surface area (Å²) in [4.78, 5) is 21.8. The van der Waals surface area contributed by atoms with Crippen LogP contribution in [0.25, 0.3) is 0 Å². The fourth-order valence-electron chi connectivity index (χ4n) is 1.19. The van der Waals surface area contributed by atoms with Gasteiger partial charge >= 0.3 is 12.0 Å². The molecule has 0 fully saturated rings. The molecule has 7 heteroatoms. The highest BCUT2D eigenvalue weighted by Gasteiger charge is 2.14. The van der Waals surface area contributed by atoms with Gasteiger partial charge in [0.1, 0.15) is 0 Å². The molecule has 0 saturated heterocycles. The molecule has 0 aromatic heterocycles. The molecule has 0 heterocycles. The molecule has 0 aliphatic rings. The number of hydrogen-bond donors (Lipinski definition) is 4. The van der Waals surface area contributed by atoms with Crippen molar-refractivity contribution >= 4 is 33.6 Å². The van der Waals surface area contributed by atoms with Gasteiger partial charge in [0, 0.05) is 4.47 Å². The van der Waals surface area contributed by atoms with Crippen LogP contribution in [0.3, 0.4) is 0 Å². The van der Waals surface area contributed by atoms with Crippen LogP contribution in [-0.4, -0.2) is 34.9 Å². The van der Waals surface area contributed by atoms with E-state index in [2.05, 4.69) is 26.6 Å². The van der Waals surface area contributed by atoms with E-state index >= 15 is 0 Å². The van der Waals surface area contributed by atoms with Gasteiger partial charge in [-0.1, -0.05) is 12.1 Å². The number of carboxylic acid groups (broad SMARTS) is 1. The second kappa shape index (κ2) is 6.36. The number of amides is 2. The molecular weight excluding hydrogens is 304 g/mol. The summed E-state index contributed by atoms with van der Waals surface area (Å²) >= 11 is 3.33. The maximum atomic E-state index is 11.5. The number of anilines is 1. The molecule has 1 aromatic carbocycles. The van der Waals surface area contributed by atoms with Crippen LogP contribution >= 0.6 is 15.9 Å². The van der Waals surface area contributed by atoms with E-state index in [0.717, 1.165) is 10.0 Å². The van der Waals surface area contributed by atoms with E-state index < -0.39 is 18.1 Å². The number of carbonyl (C=O) groups is 2. The fraction of sp³-hybridized carbons (Fsp3) is 0.273. The van der Waals surface area contributed by atoms with Gasteiger partial charge < -0.3 is 20.8 Å². The van der Waals surface area contributed by atoms with Crippen LogP contribution in [0, 0.1) is 6.92 Å². The third-order valence-electron chi connectivity index (χ3n) is 2.18. The van der Waals surface area contributed by atoms with Gasteiger partial charge in [0.2, 0.25) is 0 Å². The number of aryl methyl sites for hydroxylation is 1. The molecule has 0 aliphatic carbocycles. The summed E-state index contributed by atoms with van der Waals surface area (Å²) in [6, 6.07) is 4.77. The maximum Gasteiger partial charge on any atom is 0.334 e. The molecule has 4 N–H and O–H groups in total. The average molecular weight is 317 g/mol. The molecule has 0 bridgehead atoms. The molecule has 1 rings (SSSR count). The van der Waals surface area contributed by atoms with Gasteiger partial charge in [0.25, 0.3) is 0 Å². The lowest BCUT2D eigenvalue weighted by atomic mass is 10.2. The number of hydrogen-bond acceptors (Lipinski definition) is 3. The second-order valence-corrected chi connectivity index (χ2v) is 4.42. The van der Waals surface area contributed by atoms with Gasteiger partial charge in [-0.15, -0.1) is 0 Å². The van der Waals surface area contributed by atoms with Gasteiger partial charge in [0.05, 0.1) is 12.2 Å². The lowest BCUT2D eigenvalue weighted by Crippen LogP contribution is -2.38. The van der Waals surface area contributed by atoms with E-state index in [4.69, 9.17) is 10.2 Å². The minimum absolute atomic E-state index is 0.357. The Morgan fingerprint density at radius 1 is 1.44 bits per heavy atom. The largest absolute Gasteiger partial charge is 0.479 e. The molecule has 2 amide bonds. The van der Waals surface area contributed by atoms with E-state index in [-0.39, 0.29) is 6.54 Å². The maximum absolute atomic E-state index is 11.5. The summed E-state index contributed by atoms with van der Waals surface area (Å²) in [5, 5.41) is 22.2. The monoisotopic (exact) mass is 316 g/mol. The number of carboxylic acids is 1. The predicted molar refractivity (Wildman–Crippen MR) is 69.5 cm³/mol. The Hall–Kier alpha value is -1.60. The normalized spacial score (nSPS) is 11.7. The SMILES string of the molecule is Cc1cccc(NC(=O)NC[C@H](O)C(=O)O)c1Br. The quantitative estimate of drug-likeness (QED) is 0.673. The first-order valence-electron chi connectivity index (χ1n) is 5.12. The van der Waals surface area contributed by atoms with Crippen molar-refractivity contribution in [3.05, 3.63) is 28.2 Å². The van der Waals surface area contributed by atoms with Crippen molar-refractivity contribution in [3.63, 3.8) is 0 Å². The lowest BCUT2D eigenvalue weighted by molar-refractivity contribution is -0.146. The highest BCUT2D eigenvalue weighted by atomic mass is 79.9. The number of aliphatic carboxylic acids is 1. The summed E-state index contributed by atoms with van der Waals surface area (Å²) in [6.07, 6.45) is -1.61. The van der Waals surface area contributed by atoms with Gasteiger partial charge in [-0.2, -0.15) is 0 Å².